The summed E-state index contributed by atoms with van der Waals surface area (Å²) >= 11 is 0. The Hall–Kier alpha value is -1.47. The maximum absolute atomic E-state index is 13.1. The van der Waals surface area contributed by atoms with Crippen LogP contribution in [0.1, 0.15) is 31.2 Å². The molecule has 1 atom stereocenters. The number of hydrogen-bond donors (Lipinski definition) is 0. The summed E-state index contributed by atoms with van der Waals surface area (Å²) in [5.41, 5.74) is 0.896. The molecule has 24 heavy (non-hydrogen) atoms. The van der Waals surface area contributed by atoms with Crippen LogP contribution in [0, 0.1) is 11.7 Å². The van der Waals surface area contributed by atoms with Gasteiger partial charge in [0.15, 0.2) is 0 Å². The van der Waals surface area contributed by atoms with Crippen molar-refractivity contribution in [3.05, 3.63) is 35.6 Å². The summed E-state index contributed by atoms with van der Waals surface area (Å²) < 4.78 is 38.0. The Morgan fingerprint density at radius 3 is 2.50 bits per heavy atom. The van der Waals surface area contributed by atoms with Gasteiger partial charge in [-0.2, -0.15) is 0 Å². The monoisotopic (exact) mass is 354 g/mol. The Labute approximate surface area is 142 Å². The van der Waals surface area contributed by atoms with Crippen LogP contribution in [0.15, 0.2) is 24.3 Å². The topological polar surface area (TPSA) is 57.7 Å². The van der Waals surface area contributed by atoms with E-state index < -0.39 is 10.0 Å². The van der Waals surface area contributed by atoms with Crippen molar-refractivity contribution in [1.82, 2.24) is 9.21 Å². The van der Waals surface area contributed by atoms with Gasteiger partial charge >= 0.3 is 0 Å². The number of rotatable bonds is 5. The van der Waals surface area contributed by atoms with Crippen LogP contribution in [0.25, 0.3) is 0 Å². The van der Waals surface area contributed by atoms with Crippen molar-refractivity contribution in [2.45, 2.75) is 38.3 Å². The Bertz CT molecular complexity index is 701. The normalized spacial score (nSPS) is 22.3. The lowest BCUT2D eigenvalue weighted by atomic mass is 9.97. The fourth-order valence-corrected chi connectivity index (χ4v) is 4.15. The molecule has 1 aliphatic heterocycles. The molecule has 0 radical (unpaired) electrons. The average molecular weight is 354 g/mol. The second-order valence-corrected chi connectivity index (χ2v) is 8.77. The van der Waals surface area contributed by atoms with E-state index in [-0.39, 0.29) is 30.2 Å². The Morgan fingerprint density at radius 2 is 1.92 bits per heavy atom. The van der Waals surface area contributed by atoms with Gasteiger partial charge in [-0.3, -0.25) is 4.79 Å². The van der Waals surface area contributed by atoms with Gasteiger partial charge in [0.1, 0.15) is 5.82 Å². The van der Waals surface area contributed by atoms with E-state index in [1.54, 1.807) is 12.1 Å². The molecule has 1 saturated heterocycles. The molecule has 0 bridgehead atoms. The van der Waals surface area contributed by atoms with Crippen molar-refractivity contribution in [3.63, 3.8) is 0 Å². The van der Waals surface area contributed by atoms with Crippen LogP contribution in [0.4, 0.5) is 4.39 Å². The SMILES string of the molecule is CS(=O)(=O)N1CCCC(C(=O)N(Cc2ccc(F)cc2)C2CC2)C1. The van der Waals surface area contributed by atoms with Gasteiger partial charge in [0.25, 0.3) is 0 Å². The number of amides is 1. The third-order valence-electron chi connectivity index (χ3n) is 4.74. The van der Waals surface area contributed by atoms with Crippen LogP contribution < -0.4 is 0 Å². The van der Waals surface area contributed by atoms with Crippen LogP contribution >= 0.6 is 0 Å². The number of halogens is 1. The van der Waals surface area contributed by atoms with Gasteiger partial charge in [-0.15, -0.1) is 0 Å². The lowest BCUT2D eigenvalue weighted by Crippen LogP contribution is -2.46. The van der Waals surface area contributed by atoms with Crippen molar-refractivity contribution < 1.29 is 17.6 Å². The summed E-state index contributed by atoms with van der Waals surface area (Å²) in [6.07, 6.45) is 4.58. The molecule has 1 unspecified atom stereocenters. The highest BCUT2D eigenvalue weighted by Gasteiger charge is 2.38. The zero-order valence-corrected chi connectivity index (χ0v) is 14.6. The number of benzene rings is 1. The van der Waals surface area contributed by atoms with Crippen LogP contribution in [-0.2, 0) is 21.4 Å². The first-order valence-corrected chi connectivity index (χ1v) is 10.2. The molecule has 1 aromatic carbocycles. The fraction of sp³-hybridized carbons (Fsp3) is 0.588. The molecule has 2 aliphatic rings. The zero-order chi connectivity index (χ0) is 17.3. The van der Waals surface area contributed by atoms with Crippen LogP contribution in [0.5, 0.6) is 0 Å². The summed E-state index contributed by atoms with van der Waals surface area (Å²) in [6, 6.07) is 6.42. The predicted octanol–water partition coefficient (Wildman–Crippen LogP) is 1.99. The average Bonchev–Trinajstić information content (AvgIpc) is 3.38. The predicted molar refractivity (Wildman–Crippen MR) is 89.1 cm³/mol. The highest BCUT2D eigenvalue weighted by atomic mass is 32.2. The smallest absolute Gasteiger partial charge is 0.227 e. The van der Waals surface area contributed by atoms with Crippen molar-refractivity contribution >= 4 is 15.9 Å². The highest BCUT2D eigenvalue weighted by Crippen LogP contribution is 2.31. The molecule has 0 spiro atoms. The summed E-state index contributed by atoms with van der Waals surface area (Å²) in [5.74, 6) is -0.552. The zero-order valence-electron chi connectivity index (χ0n) is 13.8. The highest BCUT2D eigenvalue weighted by molar-refractivity contribution is 7.88. The molecule has 0 N–H and O–H groups in total. The molecule has 1 amide bonds. The van der Waals surface area contributed by atoms with E-state index in [1.807, 2.05) is 4.90 Å². The second-order valence-electron chi connectivity index (χ2n) is 6.78. The van der Waals surface area contributed by atoms with Gasteiger partial charge in [0.05, 0.1) is 12.2 Å². The molecule has 5 nitrogen and oxygen atoms in total. The van der Waals surface area contributed by atoms with E-state index in [2.05, 4.69) is 0 Å². The molecule has 2 fully saturated rings. The summed E-state index contributed by atoms with van der Waals surface area (Å²) in [4.78, 5) is 14.8. The third kappa shape index (κ3) is 4.13. The lowest BCUT2D eigenvalue weighted by Gasteiger charge is -2.34. The van der Waals surface area contributed by atoms with Gasteiger partial charge in [-0.25, -0.2) is 17.1 Å². The Kier molecular flexibility index (Phi) is 4.92. The first-order chi connectivity index (χ1) is 11.3. The Morgan fingerprint density at radius 1 is 1.25 bits per heavy atom. The number of sulfonamides is 1. The van der Waals surface area contributed by atoms with Crippen LogP contribution in [-0.4, -0.2) is 48.9 Å². The number of piperidine rings is 1. The molecular weight excluding hydrogens is 331 g/mol. The molecular formula is C17H23FN2O3S. The first-order valence-electron chi connectivity index (χ1n) is 8.34. The summed E-state index contributed by atoms with van der Waals surface area (Å²) in [5, 5.41) is 0. The van der Waals surface area contributed by atoms with Crippen molar-refractivity contribution in [2.24, 2.45) is 5.92 Å². The fourth-order valence-electron chi connectivity index (χ4n) is 3.24. The number of nitrogens with zero attached hydrogens (tertiary/aromatic N) is 2. The third-order valence-corrected chi connectivity index (χ3v) is 6.01. The lowest BCUT2D eigenvalue weighted by molar-refractivity contribution is -0.138. The minimum absolute atomic E-state index is 0.0233. The van der Waals surface area contributed by atoms with E-state index in [4.69, 9.17) is 0 Å². The minimum Gasteiger partial charge on any atom is -0.335 e. The second kappa shape index (κ2) is 6.80. The molecule has 1 aromatic rings. The standard InChI is InChI=1S/C17H23FN2O3S/c1-24(22,23)19-10-2-3-14(12-19)17(21)20(16-8-9-16)11-13-4-6-15(18)7-5-13/h4-7,14,16H,2-3,8-12H2,1H3. The molecule has 3 rings (SSSR count). The molecule has 0 aromatic heterocycles. The van der Waals surface area contributed by atoms with Crippen LogP contribution in [0.3, 0.4) is 0 Å². The maximum Gasteiger partial charge on any atom is 0.227 e. The van der Waals surface area contributed by atoms with E-state index in [0.29, 0.717) is 19.5 Å². The van der Waals surface area contributed by atoms with Crippen molar-refractivity contribution in [3.8, 4) is 0 Å². The van der Waals surface area contributed by atoms with E-state index in [1.165, 1.54) is 22.7 Å². The van der Waals surface area contributed by atoms with Crippen molar-refractivity contribution in [1.29, 1.82) is 0 Å². The van der Waals surface area contributed by atoms with Crippen molar-refractivity contribution in [2.75, 3.05) is 19.3 Å². The maximum atomic E-state index is 13.1. The molecule has 7 heteroatoms. The van der Waals surface area contributed by atoms with E-state index in [9.17, 15) is 17.6 Å². The largest absolute Gasteiger partial charge is 0.335 e. The first kappa shape index (κ1) is 17.4. The number of carbonyl (C=O) groups excluding carboxylic acids is 1. The van der Waals surface area contributed by atoms with Gasteiger partial charge in [0, 0.05) is 25.7 Å². The minimum atomic E-state index is -3.27. The number of hydrogen-bond acceptors (Lipinski definition) is 3. The van der Waals surface area contributed by atoms with Gasteiger partial charge < -0.3 is 4.90 Å². The summed E-state index contributed by atoms with van der Waals surface area (Å²) in [6.45, 7) is 1.22. The van der Waals surface area contributed by atoms with E-state index in [0.717, 1.165) is 24.8 Å². The number of carbonyl (C=O) groups is 1. The van der Waals surface area contributed by atoms with Gasteiger partial charge in [-0.05, 0) is 43.4 Å². The molecule has 1 heterocycles. The molecule has 1 saturated carbocycles. The quantitative estimate of drug-likeness (QED) is 0.812. The molecule has 132 valence electrons. The van der Waals surface area contributed by atoms with E-state index >= 15 is 0 Å². The van der Waals surface area contributed by atoms with Gasteiger partial charge in [-0.1, -0.05) is 12.1 Å². The Balaban J connectivity index is 1.71. The van der Waals surface area contributed by atoms with Crippen LogP contribution in [0.2, 0.25) is 0 Å². The van der Waals surface area contributed by atoms with Gasteiger partial charge in [0.2, 0.25) is 15.9 Å². The molecule has 1 aliphatic carbocycles. The summed E-state index contributed by atoms with van der Waals surface area (Å²) in [7, 11) is -3.27.